The Morgan fingerprint density at radius 3 is 2.91 bits per heavy atom. The molecule has 2 aromatic heterocycles. The maximum atomic E-state index is 11.5. The van der Waals surface area contributed by atoms with Gasteiger partial charge in [-0.05, 0) is 38.2 Å². The van der Waals surface area contributed by atoms with E-state index in [0.717, 1.165) is 56.0 Å². The van der Waals surface area contributed by atoms with Crippen LogP contribution in [0, 0.1) is 5.92 Å². The standard InChI is InChI=1S/C17H23N5O/c1-3-22-17(6-7-20-22)16-11-18-15(10-19-16)9-14-5-4-8-21(12-14)13(2)23/h6-7,10-11,14H,3-5,8-9,12H2,1-2H3/t14-/m0/s1. The van der Waals surface area contributed by atoms with Crippen LogP contribution in [0.15, 0.2) is 24.7 Å². The van der Waals surface area contributed by atoms with Gasteiger partial charge in [-0.2, -0.15) is 5.10 Å². The molecule has 6 nitrogen and oxygen atoms in total. The van der Waals surface area contributed by atoms with E-state index in [0.29, 0.717) is 5.92 Å². The molecule has 0 spiro atoms. The van der Waals surface area contributed by atoms with Gasteiger partial charge in [0.15, 0.2) is 0 Å². The molecular weight excluding hydrogens is 290 g/mol. The number of carbonyl (C=O) groups is 1. The van der Waals surface area contributed by atoms with Gasteiger partial charge in [-0.25, -0.2) is 0 Å². The Morgan fingerprint density at radius 1 is 1.35 bits per heavy atom. The zero-order chi connectivity index (χ0) is 16.2. The number of hydrogen-bond acceptors (Lipinski definition) is 4. The van der Waals surface area contributed by atoms with Gasteiger partial charge in [0.2, 0.25) is 5.91 Å². The smallest absolute Gasteiger partial charge is 0.219 e. The third-order valence-electron chi connectivity index (χ3n) is 4.45. The van der Waals surface area contributed by atoms with Crippen LogP contribution >= 0.6 is 0 Å². The number of amides is 1. The Balaban J connectivity index is 1.67. The molecule has 0 radical (unpaired) electrons. The third kappa shape index (κ3) is 3.57. The van der Waals surface area contributed by atoms with Gasteiger partial charge in [-0.15, -0.1) is 0 Å². The van der Waals surface area contributed by atoms with Gasteiger partial charge in [0.05, 0.1) is 17.6 Å². The zero-order valence-electron chi connectivity index (χ0n) is 13.8. The van der Waals surface area contributed by atoms with Crippen LogP contribution in [-0.4, -0.2) is 43.6 Å². The van der Waals surface area contributed by atoms with Gasteiger partial charge in [0, 0.05) is 39.0 Å². The van der Waals surface area contributed by atoms with Crippen molar-refractivity contribution in [1.82, 2.24) is 24.6 Å². The summed E-state index contributed by atoms with van der Waals surface area (Å²) in [4.78, 5) is 22.6. The number of aromatic nitrogens is 4. The van der Waals surface area contributed by atoms with Crippen LogP contribution in [0.3, 0.4) is 0 Å². The van der Waals surface area contributed by atoms with Gasteiger partial charge in [0.25, 0.3) is 0 Å². The summed E-state index contributed by atoms with van der Waals surface area (Å²) in [6, 6.07) is 1.96. The van der Waals surface area contributed by atoms with Gasteiger partial charge in [-0.1, -0.05) is 0 Å². The molecule has 1 saturated heterocycles. The molecule has 0 aliphatic carbocycles. The van der Waals surface area contributed by atoms with E-state index in [2.05, 4.69) is 22.0 Å². The van der Waals surface area contributed by atoms with E-state index in [1.165, 1.54) is 0 Å². The molecule has 1 aliphatic rings. The molecule has 1 fully saturated rings. The van der Waals surface area contributed by atoms with Crippen LogP contribution in [-0.2, 0) is 17.8 Å². The van der Waals surface area contributed by atoms with Gasteiger partial charge in [0.1, 0.15) is 5.69 Å². The van der Waals surface area contributed by atoms with E-state index < -0.39 is 0 Å². The highest BCUT2D eigenvalue weighted by Crippen LogP contribution is 2.21. The maximum Gasteiger partial charge on any atom is 0.219 e. The second-order valence-corrected chi connectivity index (χ2v) is 6.10. The molecule has 23 heavy (non-hydrogen) atoms. The molecule has 2 aromatic rings. The molecule has 0 N–H and O–H groups in total. The average Bonchev–Trinajstić information content (AvgIpc) is 3.04. The summed E-state index contributed by atoms with van der Waals surface area (Å²) in [6.45, 7) is 6.24. The first-order chi connectivity index (χ1) is 11.2. The molecule has 1 atom stereocenters. The van der Waals surface area contributed by atoms with E-state index >= 15 is 0 Å². The number of hydrogen-bond donors (Lipinski definition) is 0. The van der Waals surface area contributed by atoms with Crippen molar-refractivity contribution in [3.05, 3.63) is 30.4 Å². The zero-order valence-corrected chi connectivity index (χ0v) is 13.8. The van der Waals surface area contributed by atoms with Crippen molar-refractivity contribution in [2.75, 3.05) is 13.1 Å². The van der Waals surface area contributed by atoms with Crippen molar-refractivity contribution in [2.24, 2.45) is 5.92 Å². The monoisotopic (exact) mass is 313 g/mol. The third-order valence-corrected chi connectivity index (χ3v) is 4.45. The van der Waals surface area contributed by atoms with Crippen molar-refractivity contribution < 1.29 is 4.79 Å². The quantitative estimate of drug-likeness (QED) is 0.867. The molecule has 122 valence electrons. The number of piperidine rings is 1. The molecule has 0 bridgehead atoms. The Bertz CT molecular complexity index is 664. The Morgan fingerprint density at radius 2 is 2.22 bits per heavy atom. The van der Waals surface area contributed by atoms with Crippen molar-refractivity contribution in [2.45, 2.75) is 39.7 Å². The lowest BCUT2D eigenvalue weighted by molar-refractivity contribution is -0.130. The minimum absolute atomic E-state index is 0.170. The normalized spacial score (nSPS) is 18.2. The topological polar surface area (TPSA) is 63.9 Å². The molecule has 0 aromatic carbocycles. The molecule has 0 unspecified atom stereocenters. The highest BCUT2D eigenvalue weighted by Gasteiger charge is 2.22. The van der Waals surface area contributed by atoms with Crippen molar-refractivity contribution >= 4 is 5.91 Å². The molecule has 1 aliphatic heterocycles. The predicted octanol–water partition coefficient (Wildman–Crippen LogP) is 2.16. The first-order valence-corrected chi connectivity index (χ1v) is 8.26. The second-order valence-electron chi connectivity index (χ2n) is 6.10. The van der Waals surface area contributed by atoms with Crippen LogP contribution in [0.25, 0.3) is 11.4 Å². The van der Waals surface area contributed by atoms with Crippen LogP contribution in [0.1, 0.15) is 32.4 Å². The average molecular weight is 313 g/mol. The first-order valence-electron chi connectivity index (χ1n) is 8.26. The number of likely N-dealkylation sites (tertiary alicyclic amines) is 1. The van der Waals surface area contributed by atoms with Crippen molar-refractivity contribution in [3.8, 4) is 11.4 Å². The lowest BCUT2D eigenvalue weighted by Gasteiger charge is -2.31. The summed E-state index contributed by atoms with van der Waals surface area (Å²) in [7, 11) is 0. The van der Waals surface area contributed by atoms with E-state index in [1.54, 1.807) is 13.1 Å². The highest BCUT2D eigenvalue weighted by atomic mass is 16.2. The predicted molar refractivity (Wildman–Crippen MR) is 87.6 cm³/mol. The van der Waals surface area contributed by atoms with Crippen LogP contribution in [0.4, 0.5) is 0 Å². The molecule has 0 saturated carbocycles. The number of carbonyl (C=O) groups excluding carboxylic acids is 1. The minimum atomic E-state index is 0.170. The summed E-state index contributed by atoms with van der Waals surface area (Å²) in [5.74, 6) is 0.651. The summed E-state index contributed by atoms with van der Waals surface area (Å²) in [5.41, 5.74) is 2.83. The number of rotatable bonds is 4. The van der Waals surface area contributed by atoms with Crippen LogP contribution < -0.4 is 0 Å². The molecule has 3 heterocycles. The van der Waals surface area contributed by atoms with Crippen LogP contribution in [0.2, 0.25) is 0 Å². The number of aryl methyl sites for hydroxylation is 1. The van der Waals surface area contributed by atoms with Crippen LogP contribution in [0.5, 0.6) is 0 Å². The van der Waals surface area contributed by atoms with E-state index in [-0.39, 0.29) is 5.91 Å². The second kappa shape index (κ2) is 6.89. The lowest BCUT2D eigenvalue weighted by atomic mass is 9.93. The SMILES string of the molecule is CCn1nccc1-c1cnc(C[C@@H]2CCCN(C(C)=O)C2)cn1. The van der Waals surface area contributed by atoms with E-state index in [4.69, 9.17) is 0 Å². The Labute approximate surface area is 136 Å². The van der Waals surface area contributed by atoms with Gasteiger partial charge in [-0.3, -0.25) is 19.4 Å². The van der Waals surface area contributed by atoms with Gasteiger partial charge >= 0.3 is 0 Å². The molecule has 6 heteroatoms. The number of nitrogens with zero attached hydrogens (tertiary/aromatic N) is 5. The molecule has 1 amide bonds. The van der Waals surface area contributed by atoms with Crippen molar-refractivity contribution in [3.63, 3.8) is 0 Å². The highest BCUT2D eigenvalue weighted by molar-refractivity contribution is 5.73. The summed E-state index contributed by atoms with van der Waals surface area (Å²) in [5, 5.41) is 4.26. The largest absolute Gasteiger partial charge is 0.343 e. The Kier molecular flexibility index (Phi) is 4.69. The van der Waals surface area contributed by atoms with Gasteiger partial charge < -0.3 is 4.90 Å². The molecule has 3 rings (SSSR count). The maximum absolute atomic E-state index is 11.5. The Hall–Kier alpha value is -2.24. The lowest BCUT2D eigenvalue weighted by Crippen LogP contribution is -2.39. The van der Waals surface area contributed by atoms with Crippen molar-refractivity contribution in [1.29, 1.82) is 0 Å². The first kappa shape index (κ1) is 15.6. The summed E-state index contributed by atoms with van der Waals surface area (Å²) >= 11 is 0. The molecular formula is C17H23N5O. The summed E-state index contributed by atoms with van der Waals surface area (Å²) < 4.78 is 1.91. The van der Waals surface area contributed by atoms with E-state index in [1.807, 2.05) is 28.0 Å². The van der Waals surface area contributed by atoms with E-state index in [9.17, 15) is 4.79 Å². The minimum Gasteiger partial charge on any atom is -0.343 e. The summed E-state index contributed by atoms with van der Waals surface area (Å²) in [6.07, 6.45) is 8.57. The fourth-order valence-corrected chi connectivity index (χ4v) is 3.21. The fraction of sp³-hybridized carbons (Fsp3) is 0.529. The fourth-order valence-electron chi connectivity index (χ4n) is 3.21.